The van der Waals surface area contributed by atoms with Crippen molar-refractivity contribution in [2.24, 2.45) is 5.92 Å². The summed E-state index contributed by atoms with van der Waals surface area (Å²) in [4.78, 5) is 35.8. The Morgan fingerprint density at radius 1 is 1.34 bits per heavy atom. The molecule has 1 aliphatic heterocycles. The highest BCUT2D eigenvalue weighted by Crippen LogP contribution is 2.35. The molecule has 0 spiro atoms. The van der Waals surface area contributed by atoms with Gasteiger partial charge in [-0.05, 0) is 48.6 Å². The number of sulfone groups is 1. The lowest BCUT2D eigenvalue weighted by Crippen LogP contribution is -2.43. The van der Waals surface area contributed by atoms with Gasteiger partial charge < -0.3 is 4.90 Å². The number of rotatable bonds is 5. The van der Waals surface area contributed by atoms with Crippen LogP contribution in [0.25, 0.3) is 10.2 Å². The lowest BCUT2D eigenvalue weighted by atomic mass is 9.89. The van der Waals surface area contributed by atoms with Crippen molar-refractivity contribution in [3.63, 3.8) is 0 Å². The minimum atomic E-state index is -3.14. The molecule has 32 heavy (non-hydrogen) atoms. The fourth-order valence-corrected chi connectivity index (χ4v) is 8.50. The monoisotopic (exact) mass is 491 g/mol. The van der Waals surface area contributed by atoms with Gasteiger partial charge in [-0.1, -0.05) is 13.0 Å². The topological polar surface area (TPSA) is 89.3 Å². The molecule has 2 atom stereocenters. The number of carbonyl (C=O) groups is 1. The van der Waals surface area contributed by atoms with E-state index in [0.29, 0.717) is 24.3 Å². The molecule has 1 aliphatic carbocycles. The van der Waals surface area contributed by atoms with Crippen LogP contribution in [0, 0.1) is 5.92 Å². The minimum Gasteiger partial charge on any atom is -0.332 e. The van der Waals surface area contributed by atoms with Crippen molar-refractivity contribution in [2.45, 2.75) is 51.7 Å². The summed E-state index contributed by atoms with van der Waals surface area (Å²) in [5.41, 5.74) is 0.922. The number of aryl methyl sites for hydroxylation is 1. The van der Waals surface area contributed by atoms with Crippen molar-refractivity contribution in [1.82, 2.24) is 14.5 Å². The van der Waals surface area contributed by atoms with Gasteiger partial charge in [0.15, 0.2) is 9.84 Å². The van der Waals surface area contributed by atoms with E-state index in [0.717, 1.165) is 34.5 Å². The number of thiophene rings is 2. The Bertz CT molecular complexity index is 1320. The highest BCUT2D eigenvalue weighted by Gasteiger charge is 2.35. The van der Waals surface area contributed by atoms with Gasteiger partial charge in [-0.25, -0.2) is 13.4 Å². The fourth-order valence-electron chi connectivity index (χ4n) is 4.73. The van der Waals surface area contributed by atoms with E-state index in [1.165, 1.54) is 27.1 Å². The molecule has 0 radical (unpaired) electrons. The largest absolute Gasteiger partial charge is 0.332 e. The zero-order valence-corrected chi connectivity index (χ0v) is 20.3. The molecule has 3 aromatic rings. The first-order valence-corrected chi connectivity index (χ1v) is 14.3. The summed E-state index contributed by atoms with van der Waals surface area (Å²) in [6, 6.07) is 3.49. The van der Waals surface area contributed by atoms with Crippen LogP contribution in [0.3, 0.4) is 0 Å². The van der Waals surface area contributed by atoms with Gasteiger partial charge in [-0.3, -0.25) is 14.2 Å². The first-order valence-electron chi connectivity index (χ1n) is 10.8. The lowest BCUT2D eigenvalue weighted by Gasteiger charge is -2.28. The van der Waals surface area contributed by atoms with E-state index in [1.54, 1.807) is 16.2 Å². The van der Waals surface area contributed by atoms with Gasteiger partial charge in [0.1, 0.15) is 11.4 Å². The number of hydrogen-bond acceptors (Lipinski definition) is 7. The molecule has 0 saturated carbocycles. The van der Waals surface area contributed by atoms with Crippen molar-refractivity contribution in [3.05, 3.63) is 49.5 Å². The molecule has 3 aromatic heterocycles. The van der Waals surface area contributed by atoms with Crippen LogP contribution in [0.4, 0.5) is 0 Å². The van der Waals surface area contributed by atoms with E-state index in [-0.39, 0.29) is 35.6 Å². The molecule has 0 N–H and O–H groups in total. The van der Waals surface area contributed by atoms with Crippen LogP contribution < -0.4 is 5.56 Å². The van der Waals surface area contributed by atoms with Gasteiger partial charge >= 0.3 is 0 Å². The summed E-state index contributed by atoms with van der Waals surface area (Å²) in [5, 5.41) is 2.59. The quantitative estimate of drug-likeness (QED) is 0.548. The van der Waals surface area contributed by atoms with Crippen LogP contribution in [-0.2, 0) is 40.6 Å². The maximum atomic E-state index is 13.3. The van der Waals surface area contributed by atoms with Crippen molar-refractivity contribution in [1.29, 1.82) is 0 Å². The number of carbonyl (C=O) groups excluding carboxylic acids is 1. The highest BCUT2D eigenvalue weighted by molar-refractivity contribution is 7.91. The van der Waals surface area contributed by atoms with Crippen LogP contribution in [0.5, 0.6) is 0 Å². The third-order valence-electron chi connectivity index (χ3n) is 6.46. The van der Waals surface area contributed by atoms with Gasteiger partial charge in [-0.15, -0.1) is 22.7 Å². The lowest BCUT2D eigenvalue weighted by molar-refractivity contribution is -0.134. The van der Waals surface area contributed by atoms with Crippen molar-refractivity contribution < 1.29 is 13.2 Å². The fraction of sp³-hybridized carbons (Fsp3) is 0.500. The third kappa shape index (κ3) is 4.15. The Balaban J connectivity index is 1.45. The van der Waals surface area contributed by atoms with E-state index in [9.17, 15) is 18.0 Å². The predicted molar refractivity (Wildman–Crippen MR) is 127 cm³/mol. The summed E-state index contributed by atoms with van der Waals surface area (Å²) < 4.78 is 25.5. The number of hydrogen-bond donors (Lipinski definition) is 0. The van der Waals surface area contributed by atoms with Crippen LogP contribution in [0.1, 0.15) is 35.1 Å². The second kappa shape index (κ2) is 8.39. The van der Waals surface area contributed by atoms with Crippen LogP contribution in [0.2, 0.25) is 0 Å². The summed E-state index contributed by atoms with van der Waals surface area (Å²) in [7, 11) is -3.14. The predicted octanol–water partition coefficient (Wildman–Crippen LogP) is 2.86. The Kier molecular flexibility index (Phi) is 5.71. The van der Waals surface area contributed by atoms with Gasteiger partial charge in [0.25, 0.3) is 5.56 Å². The standard InChI is InChI=1S/C22H25N3O4S3/c1-14-4-5-17-18(9-14)31-21-20(17)22(27)24(13-23-21)11-19(26)25(10-16-3-2-7-30-16)15-6-8-32(28,29)12-15/h2-3,7,13-15H,4-6,8-12H2,1H3. The first-order chi connectivity index (χ1) is 15.3. The molecular weight excluding hydrogens is 466 g/mol. The smallest absolute Gasteiger partial charge is 0.262 e. The Hall–Kier alpha value is -2.04. The zero-order valence-electron chi connectivity index (χ0n) is 17.8. The normalized spacial score (nSPS) is 22.2. The van der Waals surface area contributed by atoms with Crippen molar-refractivity contribution in [3.8, 4) is 0 Å². The SMILES string of the molecule is CC1CCc2c(sc3ncn(CC(=O)N(Cc4cccs4)C4CCS(=O)(=O)C4)c(=O)c23)C1. The van der Waals surface area contributed by atoms with E-state index in [1.807, 2.05) is 17.5 Å². The highest BCUT2D eigenvalue weighted by atomic mass is 32.2. The average molecular weight is 492 g/mol. The van der Waals surface area contributed by atoms with Gasteiger partial charge in [0.2, 0.25) is 5.91 Å². The number of aromatic nitrogens is 2. The Morgan fingerprint density at radius 3 is 2.91 bits per heavy atom. The summed E-state index contributed by atoms with van der Waals surface area (Å²) in [6.07, 6.45) is 4.79. The molecule has 10 heteroatoms. The molecule has 2 unspecified atom stereocenters. The maximum absolute atomic E-state index is 13.3. The molecule has 2 aliphatic rings. The average Bonchev–Trinajstić information content (AvgIpc) is 3.46. The molecule has 7 nitrogen and oxygen atoms in total. The Labute approximate surface area is 194 Å². The molecule has 0 bridgehead atoms. The van der Waals surface area contributed by atoms with Crippen LogP contribution in [0.15, 0.2) is 28.6 Å². The van der Waals surface area contributed by atoms with E-state index >= 15 is 0 Å². The van der Waals surface area contributed by atoms with Crippen molar-refractivity contribution >= 4 is 48.6 Å². The Morgan fingerprint density at radius 2 is 2.19 bits per heavy atom. The second-order valence-electron chi connectivity index (χ2n) is 8.87. The van der Waals surface area contributed by atoms with Crippen LogP contribution in [-0.4, -0.2) is 46.3 Å². The second-order valence-corrected chi connectivity index (χ2v) is 13.2. The van der Waals surface area contributed by atoms with Crippen molar-refractivity contribution in [2.75, 3.05) is 11.5 Å². The van der Waals surface area contributed by atoms with E-state index in [2.05, 4.69) is 11.9 Å². The number of fused-ring (bicyclic) bond motifs is 3. The number of amides is 1. The molecule has 5 rings (SSSR count). The molecule has 0 aromatic carbocycles. The molecule has 1 fully saturated rings. The number of nitrogens with zero attached hydrogens (tertiary/aromatic N) is 3. The molecule has 1 amide bonds. The zero-order chi connectivity index (χ0) is 22.5. The van der Waals surface area contributed by atoms with E-state index < -0.39 is 9.84 Å². The summed E-state index contributed by atoms with van der Waals surface area (Å²) in [5.74, 6) is 0.431. The van der Waals surface area contributed by atoms with Crippen LogP contribution >= 0.6 is 22.7 Å². The van der Waals surface area contributed by atoms with E-state index in [4.69, 9.17) is 0 Å². The minimum absolute atomic E-state index is 0.0213. The first kappa shape index (κ1) is 21.8. The molecule has 1 saturated heterocycles. The van der Waals surface area contributed by atoms with Gasteiger partial charge in [-0.2, -0.15) is 0 Å². The molecule has 4 heterocycles. The third-order valence-corrected chi connectivity index (χ3v) is 10.2. The summed E-state index contributed by atoms with van der Waals surface area (Å²) in [6.45, 7) is 2.45. The summed E-state index contributed by atoms with van der Waals surface area (Å²) >= 11 is 3.12. The van der Waals surface area contributed by atoms with Gasteiger partial charge in [0, 0.05) is 15.8 Å². The van der Waals surface area contributed by atoms with Gasteiger partial charge in [0.05, 0.1) is 29.8 Å². The maximum Gasteiger partial charge on any atom is 0.262 e. The molecular formula is C22H25N3O4S3. The molecule has 170 valence electrons.